The molecule has 318 valence electrons. The zero-order valence-corrected chi connectivity index (χ0v) is 35.0. The SMILES string of the molecule is CCS(=O)(=O)CCC(C)(C)C1C2CC=CC2c2cc([N+](=O)[O-])ccc2N1CCOCCC(=O)N1CCN(C(=O)c2cc(Cc3n[nH]c(=O)c4ccccc34)ccc2F)CC1. The number of aromatic nitrogens is 2. The monoisotopic (exact) mass is 842 g/mol. The van der Waals surface area contributed by atoms with Crippen molar-refractivity contribution in [1.82, 2.24) is 20.0 Å². The molecule has 3 aliphatic rings. The highest BCUT2D eigenvalue weighted by atomic mass is 32.2. The third-order valence-electron chi connectivity index (χ3n) is 12.4. The number of aromatic amines is 1. The number of rotatable bonds is 15. The van der Waals surface area contributed by atoms with E-state index in [9.17, 15) is 32.9 Å². The number of halogens is 1. The van der Waals surface area contributed by atoms with Crippen LogP contribution in [0.3, 0.4) is 0 Å². The normalized spacial score (nSPS) is 19.1. The summed E-state index contributed by atoms with van der Waals surface area (Å²) in [6, 6.07) is 16.3. The Morgan fingerprint density at radius 3 is 2.48 bits per heavy atom. The van der Waals surface area contributed by atoms with Crippen molar-refractivity contribution >= 4 is 43.8 Å². The number of ether oxygens (including phenoxy) is 1. The second-order valence-corrected chi connectivity index (χ2v) is 19.0. The summed E-state index contributed by atoms with van der Waals surface area (Å²) < 4.78 is 46.3. The molecule has 3 unspecified atom stereocenters. The summed E-state index contributed by atoms with van der Waals surface area (Å²) in [5.41, 5.74) is 2.21. The summed E-state index contributed by atoms with van der Waals surface area (Å²) in [6.07, 6.45) is 5.85. The Labute approximate surface area is 348 Å². The van der Waals surface area contributed by atoms with E-state index in [4.69, 9.17) is 4.74 Å². The molecule has 2 amide bonds. The predicted molar refractivity (Wildman–Crippen MR) is 226 cm³/mol. The first-order valence-electron chi connectivity index (χ1n) is 20.5. The Hall–Kier alpha value is -5.48. The number of nitro benzene ring substituents is 1. The van der Waals surface area contributed by atoms with Gasteiger partial charge in [-0.1, -0.05) is 57.2 Å². The van der Waals surface area contributed by atoms with E-state index in [1.807, 2.05) is 6.07 Å². The number of benzene rings is 3. The highest BCUT2D eigenvalue weighted by molar-refractivity contribution is 7.91. The van der Waals surface area contributed by atoms with E-state index in [1.165, 1.54) is 18.2 Å². The van der Waals surface area contributed by atoms with Gasteiger partial charge in [-0.25, -0.2) is 17.9 Å². The Morgan fingerprint density at radius 1 is 1.02 bits per heavy atom. The summed E-state index contributed by atoms with van der Waals surface area (Å²) in [5, 5.41) is 19.6. The summed E-state index contributed by atoms with van der Waals surface area (Å²) in [6.45, 7) is 7.77. The van der Waals surface area contributed by atoms with Gasteiger partial charge in [0.25, 0.3) is 17.2 Å². The molecule has 1 fully saturated rings. The third kappa shape index (κ3) is 8.99. The number of nitro groups is 1. The van der Waals surface area contributed by atoms with E-state index >= 15 is 4.39 Å². The van der Waals surface area contributed by atoms with Crippen LogP contribution in [0.2, 0.25) is 0 Å². The molecular weight excluding hydrogens is 792 g/mol. The Balaban J connectivity index is 0.944. The number of nitrogens with one attached hydrogen (secondary N) is 1. The fraction of sp³-hybridized carbons (Fsp3) is 0.455. The van der Waals surface area contributed by atoms with Crippen LogP contribution in [0.1, 0.15) is 73.1 Å². The summed E-state index contributed by atoms with van der Waals surface area (Å²) in [7, 11) is -3.20. The molecule has 2 aliphatic heterocycles. The van der Waals surface area contributed by atoms with Gasteiger partial charge in [-0.15, -0.1) is 0 Å². The van der Waals surface area contributed by atoms with Gasteiger partial charge in [0.15, 0.2) is 0 Å². The fourth-order valence-electron chi connectivity index (χ4n) is 9.13. The molecular formula is C44H51FN6O8S. The first-order chi connectivity index (χ1) is 28.7. The number of allylic oxidation sites excluding steroid dienone is 2. The number of sulfone groups is 1. The number of amides is 2. The molecule has 0 radical (unpaired) electrons. The molecule has 4 aromatic rings. The predicted octanol–water partition coefficient (Wildman–Crippen LogP) is 5.65. The lowest BCUT2D eigenvalue weighted by Gasteiger charge is -2.52. The maximum atomic E-state index is 15.1. The van der Waals surface area contributed by atoms with Gasteiger partial charge in [-0.3, -0.25) is 24.5 Å². The van der Waals surface area contributed by atoms with Crippen LogP contribution in [0, 0.1) is 27.3 Å². The number of carbonyl (C=O) groups excluding carboxylic acids is 2. The lowest BCUT2D eigenvalue weighted by atomic mass is 9.67. The largest absolute Gasteiger partial charge is 0.379 e. The summed E-state index contributed by atoms with van der Waals surface area (Å²) >= 11 is 0. The highest BCUT2D eigenvalue weighted by Gasteiger charge is 2.48. The zero-order chi connectivity index (χ0) is 42.8. The summed E-state index contributed by atoms with van der Waals surface area (Å²) in [5.74, 6) is -1.04. The fourth-order valence-corrected chi connectivity index (χ4v) is 10.3. The van der Waals surface area contributed by atoms with E-state index in [-0.39, 0.29) is 109 Å². The van der Waals surface area contributed by atoms with E-state index in [0.717, 1.165) is 17.7 Å². The number of hydrogen-bond acceptors (Lipinski definition) is 10. The number of non-ortho nitro benzene ring substituents is 1. The minimum atomic E-state index is -3.20. The number of hydrogen-bond donors (Lipinski definition) is 1. The van der Waals surface area contributed by atoms with Crippen LogP contribution in [0.15, 0.2) is 77.6 Å². The van der Waals surface area contributed by atoms with Gasteiger partial charge < -0.3 is 19.4 Å². The smallest absolute Gasteiger partial charge is 0.272 e. The number of fused-ring (bicyclic) bond motifs is 4. The van der Waals surface area contributed by atoms with Crippen molar-refractivity contribution in [3.63, 3.8) is 0 Å². The maximum Gasteiger partial charge on any atom is 0.272 e. The van der Waals surface area contributed by atoms with E-state index in [2.05, 4.69) is 41.1 Å². The van der Waals surface area contributed by atoms with Crippen LogP contribution >= 0.6 is 0 Å². The van der Waals surface area contributed by atoms with Gasteiger partial charge in [-0.2, -0.15) is 5.10 Å². The molecule has 3 heterocycles. The van der Waals surface area contributed by atoms with Crippen molar-refractivity contribution in [2.75, 3.05) is 62.3 Å². The second kappa shape index (κ2) is 17.6. The Bertz CT molecular complexity index is 2480. The first kappa shape index (κ1) is 42.6. The maximum absolute atomic E-state index is 15.1. The topological polar surface area (TPSA) is 176 Å². The average molecular weight is 843 g/mol. The molecule has 14 nitrogen and oxygen atoms in total. The van der Waals surface area contributed by atoms with E-state index < -0.39 is 27.0 Å². The number of piperazine rings is 1. The number of nitrogens with zero attached hydrogens (tertiary/aromatic N) is 5. The minimum Gasteiger partial charge on any atom is -0.379 e. The van der Waals surface area contributed by atoms with Gasteiger partial charge in [0.2, 0.25) is 5.91 Å². The molecule has 3 atom stereocenters. The molecule has 16 heteroatoms. The summed E-state index contributed by atoms with van der Waals surface area (Å²) in [4.78, 5) is 55.8. The van der Waals surface area contributed by atoms with Crippen molar-refractivity contribution in [3.05, 3.63) is 121 Å². The van der Waals surface area contributed by atoms with Crippen LogP contribution in [0.4, 0.5) is 15.8 Å². The first-order valence-corrected chi connectivity index (χ1v) is 22.3. The molecule has 3 aromatic carbocycles. The number of carbonyl (C=O) groups is 2. The minimum absolute atomic E-state index is 0.0201. The van der Waals surface area contributed by atoms with Crippen LogP contribution in [0.5, 0.6) is 0 Å². The van der Waals surface area contributed by atoms with Gasteiger partial charge in [-0.05, 0) is 59.6 Å². The van der Waals surface area contributed by atoms with E-state index in [0.29, 0.717) is 35.0 Å². The molecule has 0 saturated carbocycles. The molecule has 1 aliphatic carbocycles. The molecule has 60 heavy (non-hydrogen) atoms. The van der Waals surface area contributed by atoms with Crippen molar-refractivity contribution in [2.45, 2.75) is 58.4 Å². The van der Waals surface area contributed by atoms with Crippen LogP contribution in [0.25, 0.3) is 10.8 Å². The van der Waals surface area contributed by atoms with Crippen molar-refractivity contribution in [2.24, 2.45) is 11.3 Å². The van der Waals surface area contributed by atoms with Gasteiger partial charge in [0, 0.05) is 80.1 Å². The molecule has 1 saturated heterocycles. The van der Waals surface area contributed by atoms with Crippen LogP contribution in [-0.4, -0.2) is 109 Å². The lowest BCUT2D eigenvalue weighted by Crippen LogP contribution is -2.55. The quantitative estimate of drug-likeness (QED) is 0.0681. The van der Waals surface area contributed by atoms with Crippen LogP contribution < -0.4 is 10.5 Å². The average Bonchev–Trinajstić information content (AvgIpc) is 3.74. The Kier molecular flexibility index (Phi) is 12.5. The molecule has 0 spiro atoms. The van der Waals surface area contributed by atoms with Gasteiger partial charge in [0.1, 0.15) is 15.7 Å². The lowest BCUT2D eigenvalue weighted by molar-refractivity contribution is -0.384. The Morgan fingerprint density at radius 2 is 1.75 bits per heavy atom. The van der Waals surface area contributed by atoms with Crippen molar-refractivity contribution in [3.8, 4) is 0 Å². The molecule has 1 N–H and O–H groups in total. The van der Waals surface area contributed by atoms with Crippen molar-refractivity contribution in [1.29, 1.82) is 0 Å². The van der Waals surface area contributed by atoms with Gasteiger partial charge >= 0.3 is 0 Å². The standard InChI is InChI=1S/C44H51FN6O8S/c1-4-60(57,58)25-17-44(2,3)41-33-11-7-10-31(33)35-28-30(51(55)56)13-15-39(35)50(41)22-24-59-23-16-40(52)48-18-20-49(21-19-48)43(54)36-26-29(12-14-37(36)45)27-38-32-8-5-6-9-34(32)42(53)47-46-38/h5-10,12-15,26,28,31,33,41H,4,11,16-25,27H2,1-3H3,(H,47,53). The third-order valence-corrected chi connectivity index (χ3v) is 14.1. The highest BCUT2D eigenvalue weighted by Crippen LogP contribution is 2.53. The number of H-pyrrole nitrogens is 1. The molecule has 7 rings (SSSR count). The second-order valence-electron chi connectivity index (χ2n) is 16.5. The van der Waals surface area contributed by atoms with E-state index in [1.54, 1.807) is 53.1 Å². The zero-order valence-electron chi connectivity index (χ0n) is 34.1. The van der Waals surface area contributed by atoms with Crippen LogP contribution in [-0.2, 0) is 25.8 Å². The van der Waals surface area contributed by atoms with Gasteiger partial charge in [0.05, 0.1) is 47.0 Å². The molecule has 0 bridgehead atoms. The van der Waals surface area contributed by atoms with Crippen molar-refractivity contribution < 1.29 is 32.1 Å². The molecule has 1 aromatic heterocycles. The number of anilines is 1.